The first kappa shape index (κ1) is 25.0. The number of ether oxygens (including phenoxy) is 1. The largest absolute Gasteiger partial charge is 0.458 e. The van der Waals surface area contributed by atoms with E-state index in [0.717, 1.165) is 12.8 Å². The topological polar surface area (TPSA) is 107 Å². The monoisotopic (exact) mass is 475 g/mol. The molecule has 0 bridgehead atoms. The van der Waals surface area contributed by atoms with Crippen molar-refractivity contribution in [3.05, 3.63) is 42.2 Å². The number of esters is 1. The average Bonchev–Trinajstić information content (AvgIpc) is 3.18. The van der Waals surface area contributed by atoms with Crippen LogP contribution in [0.1, 0.15) is 70.8 Å². The predicted molar refractivity (Wildman–Crippen MR) is 125 cm³/mol. The maximum atomic E-state index is 13.2. The minimum absolute atomic E-state index is 0.0982. The van der Waals surface area contributed by atoms with Crippen molar-refractivity contribution >= 4 is 27.5 Å². The summed E-state index contributed by atoms with van der Waals surface area (Å²) in [5.41, 5.74) is 0.356. The number of benzene rings is 1. The van der Waals surface area contributed by atoms with E-state index in [1.807, 2.05) is 26.8 Å². The third-order valence-electron chi connectivity index (χ3n) is 6.25. The molecule has 0 saturated carbocycles. The van der Waals surface area contributed by atoms with Crippen LogP contribution in [-0.2, 0) is 31.4 Å². The summed E-state index contributed by atoms with van der Waals surface area (Å²) in [6.07, 6.45) is 6.74. The lowest BCUT2D eigenvalue weighted by Gasteiger charge is -2.40. The number of rotatable bonds is 10. The zero-order valence-corrected chi connectivity index (χ0v) is 20.5. The first-order chi connectivity index (χ1) is 15.7. The van der Waals surface area contributed by atoms with Gasteiger partial charge in [-0.3, -0.25) is 14.3 Å². The number of cyclic esters (lactones) is 1. The Labute approximate surface area is 195 Å². The van der Waals surface area contributed by atoms with Crippen molar-refractivity contribution in [3.8, 4) is 0 Å². The van der Waals surface area contributed by atoms with E-state index in [4.69, 9.17) is 4.74 Å². The van der Waals surface area contributed by atoms with Crippen LogP contribution in [-0.4, -0.2) is 35.3 Å². The molecule has 2 atom stereocenters. The molecule has 9 heteroatoms. The van der Waals surface area contributed by atoms with Crippen LogP contribution < -0.4 is 4.72 Å². The number of sulfonamides is 1. The van der Waals surface area contributed by atoms with Gasteiger partial charge in [0.15, 0.2) is 5.78 Å². The van der Waals surface area contributed by atoms with E-state index in [0.29, 0.717) is 30.5 Å². The molecule has 1 aliphatic rings. The number of aryl methyl sites for hydroxylation is 1. The van der Waals surface area contributed by atoms with Gasteiger partial charge in [0, 0.05) is 37.5 Å². The highest BCUT2D eigenvalue weighted by Crippen LogP contribution is 2.41. The number of anilines is 1. The summed E-state index contributed by atoms with van der Waals surface area (Å²) in [7, 11) is -2.28. The van der Waals surface area contributed by atoms with E-state index < -0.39 is 33.4 Å². The second-order valence-electron chi connectivity index (χ2n) is 8.79. The van der Waals surface area contributed by atoms with Gasteiger partial charge >= 0.3 is 5.97 Å². The number of imidazole rings is 1. The number of carbonyl (C=O) groups is 2. The normalized spacial score (nSPS) is 19.2. The maximum Gasteiger partial charge on any atom is 0.317 e. The van der Waals surface area contributed by atoms with Crippen molar-refractivity contribution in [2.45, 2.75) is 76.0 Å². The molecule has 0 radical (unpaired) electrons. The fourth-order valence-electron chi connectivity index (χ4n) is 4.88. The van der Waals surface area contributed by atoms with E-state index >= 15 is 0 Å². The van der Waals surface area contributed by atoms with Gasteiger partial charge in [-0.05, 0) is 37.0 Å². The van der Waals surface area contributed by atoms with Crippen molar-refractivity contribution in [1.29, 1.82) is 0 Å². The molecule has 33 heavy (non-hydrogen) atoms. The molecule has 0 amide bonds. The quantitative estimate of drug-likeness (QED) is 0.408. The second kappa shape index (κ2) is 10.1. The Balaban J connectivity index is 1.86. The Bertz CT molecular complexity index is 1080. The number of nitrogens with zero attached hydrogens (tertiary/aromatic N) is 2. The van der Waals surface area contributed by atoms with Crippen LogP contribution in [0, 0.1) is 5.92 Å². The van der Waals surface area contributed by atoms with Crippen molar-refractivity contribution < 1.29 is 22.7 Å². The molecule has 1 aromatic carbocycles. The van der Waals surface area contributed by atoms with Crippen LogP contribution in [0.15, 0.2) is 41.8 Å². The molecule has 2 heterocycles. The van der Waals surface area contributed by atoms with Crippen LogP contribution >= 0.6 is 0 Å². The molecule has 2 unspecified atom stereocenters. The van der Waals surface area contributed by atoms with Crippen molar-refractivity contribution in [2.75, 3.05) is 4.72 Å². The minimum Gasteiger partial charge on any atom is -0.458 e. The Kier molecular flexibility index (Phi) is 7.62. The van der Waals surface area contributed by atoms with Crippen molar-refractivity contribution in [1.82, 2.24) is 9.55 Å². The summed E-state index contributed by atoms with van der Waals surface area (Å²) < 4.78 is 35.3. The minimum atomic E-state index is -3.88. The van der Waals surface area contributed by atoms with Gasteiger partial charge in [-0.15, -0.1) is 0 Å². The lowest BCUT2D eigenvalue weighted by molar-refractivity contribution is -0.180. The van der Waals surface area contributed by atoms with Gasteiger partial charge in [-0.1, -0.05) is 45.7 Å². The Morgan fingerprint density at radius 1 is 1.21 bits per heavy atom. The van der Waals surface area contributed by atoms with Crippen LogP contribution in [0.4, 0.5) is 5.69 Å². The van der Waals surface area contributed by atoms with Gasteiger partial charge in [-0.2, -0.15) is 8.42 Å². The van der Waals surface area contributed by atoms with Gasteiger partial charge in [0.05, 0.1) is 0 Å². The fraction of sp³-hybridized carbons (Fsp3) is 0.542. The number of Topliss-reactive ketones (excluding diaryl/α,β-unsaturated/α-hetero) is 1. The smallest absolute Gasteiger partial charge is 0.317 e. The van der Waals surface area contributed by atoms with Gasteiger partial charge in [0.25, 0.3) is 10.0 Å². The Hall–Kier alpha value is -2.68. The van der Waals surface area contributed by atoms with Crippen LogP contribution in [0.3, 0.4) is 0 Å². The molecule has 3 rings (SSSR count). The van der Waals surface area contributed by atoms with E-state index in [1.165, 1.54) is 10.8 Å². The molecule has 1 N–H and O–H groups in total. The summed E-state index contributed by atoms with van der Waals surface area (Å²) in [5, 5.41) is -0.103. The van der Waals surface area contributed by atoms with E-state index in [1.54, 1.807) is 31.4 Å². The molecule has 1 saturated heterocycles. The SMILES string of the molecule is CCCC1(CCC)CC(=O)C(C(CC)c2cccc(NS(=O)(=O)c3nccn3C)c2)C(=O)O1. The molecule has 2 aromatic rings. The van der Waals surface area contributed by atoms with E-state index in [9.17, 15) is 18.0 Å². The first-order valence-corrected chi connectivity index (χ1v) is 13.0. The molecule has 180 valence electrons. The van der Waals surface area contributed by atoms with Crippen LogP contribution in [0.25, 0.3) is 0 Å². The molecule has 1 fully saturated rings. The number of nitrogens with one attached hydrogen (secondary N) is 1. The summed E-state index contributed by atoms with van der Waals surface area (Å²) in [6, 6.07) is 6.83. The molecular formula is C24H33N3O5S. The highest BCUT2D eigenvalue weighted by atomic mass is 32.2. The Morgan fingerprint density at radius 3 is 2.45 bits per heavy atom. The molecule has 0 spiro atoms. The Morgan fingerprint density at radius 2 is 1.91 bits per heavy atom. The standard InChI is InChI=1S/C24H33N3O5S/c1-5-11-24(12-6-2)16-20(28)21(22(29)32-24)19(7-3)17-9-8-10-18(15-17)26-33(30,31)23-25-13-14-27(23)4/h8-10,13-15,19,21,26H,5-7,11-12,16H2,1-4H3. The molecule has 1 aromatic heterocycles. The van der Waals surface area contributed by atoms with Crippen molar-refractivity contribution in [3.63, 3.8) is 0 Å². The van der Waals surface area contributed by atoms with E-state index in [2.05, 4.69) is 9.71 Å². The third kappa shape index (κ3) is 5.29. The third-order valence-corrected chi connectivity index (χ3v) is 7.63. The predicted octanol–water partition coefficient (Wildman–Crippen LogP) is 4.19. The zero-order chi connectivity index (χ0) is 24.2. The summed E-state index contributed by atoms with van der Waals surface area (Å²) in [5.74, 6) is -1.86. The second-order valence-corrected chi connectivity index (χ2v) is 10.4. The lowest BCUT2D eigenvalue weighted by Crippen LogP contribution is -2.49. The number of ketones is 1. The van der Waals surface area contributed by atoms with Gasteiger partial charge in [-0.25, -0.2) is 4.98 Å². The summed E-state index contributed by atoms with van der Waals surface area (Å²) in [6.45, 7) is 5.96. The summed E-state index contributed by atoms with van der Waals surface area (Å²) >= 11 is 0. The van der Waals surface area contributed by atoms with Crippen LogP contribution in [0.2, 0.25) is 0 Å². The number of hydrogen-bond acceptors (Lipinski definition) is 6. The highest BCUT2D eigenvalue weighted by molar-refractivity contribution is 7.92. The lowest BCUT2D eigenvalue weighted by atomic mass is 9.74. The number of hydrogen-bond donors (Lipinski definition) is 1. The maximum absolute atomic E-state index is 13.2. The number of aromatic nitrogens is 2. The molecule has 8 nitrogen and oxygen atoms in total. The van der Waals surface area contributed by atoms with Gasteiger partial charge in [0.1, 0.15) is 11.5 Å². The first-order valence-electron chi connectivity index (χ1n) is 11.5. The zero-order valence-electron chi connectivity index (χ0n) is 19.7. The fourth-order valence-corrected chi connectivity index (χ4v) is 6.05. The number of carbonyl (C=O) groups excluding carboxylic acids is 2. The van der Waals surface area contributed by atoms with Gasteiger partial charge in [0.2, 0.25) is 5.16 Å². The summed E-state index contributed by atoms with van der Waals surface area (Å²) in [4.78, 5) is 30.2. The van der Waals surface area contributed by atoms with Crippen LogP contribution in [0.5, 0.6) is 0 Å². The average molecular weight is 476 g/mol. The van der Waals surface area contributed by atoms with Gasteiger partial charge < -0.3 is 9.30 Å². The van der Waals surface area contributed by atoms with E-state index in [-0.39, 0.29) is 17.4 Å². The molecular weight excluding hydrogens is 442 g/mol. The highest BCUT2D eigenvalue weighted by Gasteiger charge is 2.48. The molecule has 1 aliphatic heterocycles. The van der Waals surface area contributed by atoms with Crippen molar-refractivity contribution in [2.24, 2.45) is 13.0 Å². The molecule has 0 aliphatic carbocycles.